The summed E-state index contributed by atoms with van der Waals surface area (Å²) in [7, 11) is 0. The summed E-state index contributed by atoms with van der Waals surface area (Å²) in [5.41, 5.74) is 8.77. The third kappa shape index (κ3) is 33.6. The predicted octanol–water partition coefficient (Wildman–Crippen LogP) is 11.7. The van der Waals surface area contributed by atoms with Gasteiger partial charge in [0.1, 0.15) is 26.4 Å². The van der Waals surface area contributed by atoms with Crippen molar-refractivity contribution in [2.75, 3.05) is 26.4 Å². The smallest absolute Gasteiger partial charge is 0.312 e. The highest BCUT2D eigenvalue weighted by Crippen LogP contribution is 2.23. The first-order valence-electron chi connectivity index (χ1n) is 28.6. The Morgan fingerprint density at radius 2 is 0.655 bits per heavy atom. The van der Waals surface area contributed by atoms with E-state index in [4.69, 9.17) is 33.8 Å². The quantitative estimate of drug-likeness (QED) is 0.0348. The predicted molar refractivity (Wildman–Crippen MR) is 330 cm³/mol. The molecule has 0 amide bonds. The van der Waals surface area contributed by atoms with E-state index in [0.29, 0.717) is 41.6 Å². The van der Waals surface area contributed by atoms with E-state index in [-0.39, 0.29) is 100 Å². The molecule has 0 fully saturated rings. The van der Waals surface area contributed by atoms with E-state index in [1.54, 1.807) is 34.6 Å². The van der Waals surface area contributed by atoms with Gasteiger partial charge in [-0.3, -0.25) is 53.7 Å². The second kappa shape index (κ2) is 34.9. The molecule has 0 bridgehead atoms. The molecule has 2 atom stereocenters. The molecule has 1 N–H and O–H groups in total. The van der Waals surface area contributed by atoms with Gasteiger partial charge in [0.25, 0.3) is 0 Å². The molecule has 458 valence electrons. The lowest BCUT2D eigenvalue weighted by atomic mass is 9.88. The fourth-order valence-corrected chi connectivity index (χ4v) is 8.36. The fourth-order valence-electron chi connectivity index (χ4n) is 8.36. The molecule has 0 aliphatic carbocycles. The first-order valence-corrected chi connectivity index (χ1v) is 28.6. The molecule has 0 spiro atoms. The van der Waals surface area contributed by atoms with Crippen molar-refractivity contribution in [1.29, 1.82) is 5.41 Å². The first-order chi connectivity index (χ1) is 39.3. The Balaban J connectivity index is 1.58. The zero-order valence-electron chi connectivity index (χ0n) is 52.5. The number of carbonyl (C=O) groups is 6. The minimum absolute atomic E-state index is 0.0654. The van der Waals surface area contributed by atoms with Crippen LogP contribution in [0.2, 0.25) is 0 Å². The molecule has 3 aromatic rings. The molecule has 3 aromatic carbocycles. The largest absolute Gasteiger partial charge is 0.461 e. The van der Waals surface area contributed by atoms with Crippen LogP contribution < -0.4 is 0 Å². The summed E-state index contributed by atoms with van der Waals surface area (Å²) < 4.78 is 33.1. The Morgan fingerprint density at radius 1 is 0.393 bits per heavy atom. The maximum atomic E-state index is 13.3. The molecule has 18 nitrogen and oxygen atoms in total. The minimum Gasteiger partial charge on any atom is -0.461 e. The van der Waals surface area contributed by atoms with Gasteiger partial charge in [-0.05, 0) is 119 Å². The normalized spacial score (nSPS) is 13.6. The van der Waals surface area contributed by atoms with E-state index < -0.39 is 48.0 Å². The molecule has 0 aromatic heterocycles. The molecule has 2 unspecified atom stereocenters. The minimum atomic E-state index is -1.11. The number of rotatable bonds is 32. The third-order valence-corrected chi connectivity index (χ3v) is 11.8. The van der Waals surface area contributed by atoms with Gasteiger partial charge in [-0.2, -0.15) is 0 Å². The van der Waals surface area contributed by atoms with Crippen molar-refractivity contribution >= 4 is 70.1 Å². The Kier molecular flexibility index (Phi) is 29.4. The summed E-state index contributed by atoms with van der Waals surface area (Å²) >= 11 is 0. The van der Waals surface area contributed by atoms with E-state index >= 15 is 0 Å². The van der Waals surface area contributed by atoms with Crippen LogP contribution in [-0.4, -0.2) is 114 Å². The number of hydrogen-bond acceptors (Lipinski definition) is 18. The van der Waals surface area contributed by atoms with Gasteiger partial charge in [0.05, 0.1) is 70.2 Å². The number of esters is 6. The second-order valence-electron chi connectivity index (χ2n) is 25.0. The number of nitrogens with one attached hydrogen (secondary N) is 1. The molecule has 0 radical (unpaired) electrons. The number of nitrogens with zero attached hydrogens (tertiary/aromatic N) is 5. The van der Waals surface area contributed by atoms with Gasteiger partial charge in [-0.1, -0.05) is 114 Å². The lowest BCUT2D eigenvalue weighted by Crippen LogP contribution is -2.32. The summed E-state index contributed by atoms with van der Waals surface area (Å²) in [6.45, 7) is 28.7. The van der Waals surface area contributed by atoms with Gasteiger partial charge >= 0.3 is 35.8 Å². The molecule has 3 rings (SSSR count). The van der Waals surface area contributed by atoms with Crippen LogP contribution in [0.25, 0.3) is 0 Å². The lowest BCUT2D eigenvalue weighted by molar-refractivity contribution is -0.165. The van der Waals surface area contributed by atoms with Gasteiger partial charge in [0.15, 0.2) is 12.2 Å². The molecule has 0 saturated carbocycles. The van der Waals surface area contributed by atoms with Crippen molar-refractivity contribution in [2.45, 2.75) is 199 Å². The summed E-state index contributed by atoms with van der Waals surface area (Å²) in [6, 6.07) is 23.9. The van der Waals surface area contributed by atoms with Crippen LogP contribution in [0.5, 0.6) is 0 Å². The number of aliphatic imine (C=N–C) groups is 5. The summed E-state index contributed by atoms with van der Waals surface area (Å²) in [5.74, 6) is -3.76. The Morgan fingerprint density at radius 3 is 0.940 bits per heavy atom. The molecule has 0 aliphatic heterocycles. The topological polar surface area (TPSA) is 243 Å². The number of benzene rings is 3. The van der Waals surface area contributed by atoms with Gasteiger partial charge in [-0.15, -0.1) is 0 Å². The Labute approximate surface area is 498 Å². The van der Waals surface area contributed by atoms with Crippen molar-refractivity contribution < 1.29 is 57.2 Å². The van der Waals surface area contributed by atoms with Crippen LogP contribution in [-0.2, 0) is 96.2 Å². The van der Waals surface area contributed by atoms with Crippen LogP contribution in [0.3, 0.4) is 0 Å². The van der Waals surface area contributed by atoms with Gasteiger partial charge in [-0.25, -0.2) is 0 Å². The first kappa shape index (κ1) is 70.8. The van der Waals surface area contributed by atoms with Gasteiger partial charge in [0.2, 0.25) is 0 Å². The van der Waals surface area contributed by atoms with Crippen molar-refractivity contribution in [2.24, 2.45) is 35.8 Å². The third-order valence-electron chi connectivity index (χ3n) is 11.8. The van der Waals surface area contributed by atoms with Crippen LogP contribution in [0.15, 0.2) is 97.8 Å². The van der Waals surface area contributed by atoms with Gasteiger partial charge in [0, 0.05) is 34.3 Å². The highest BCUT2D eigenvalue weighted by atomic mass is 16.6. The SMILES string of the molecule is CC(=N)CC(=O)OCC(COC(=O)C/C(C)=N\Cc1cccc(CC(C)(C)C)c1)OC(=O)C/C(C)=N/Cc1cccc(C/N=C(\C)CC(=O)OC(COC(=O)C/C(C)=N/Cc2cccc(CC(C)(C)C)c2)COC(=O)C/C(C)=N/C(C)(C)C)c1. The zero-order valence-corrected chi connectivity index (χ0v) is 52.5. The Bertz CT molecular complexity index is 2880. The monoisotopic (exact) mass is 1160 g/mol. The number of hydrogen-bond donors (Lipinski definition) is 1. The summed E-state index contributed by atoms with van der Waals surface area (Å²) in [6.07, 6.45) is -1.22. The molecule has 0 aliphatic rings. The van der Waals surface area contributed by atoms with Gasteiger partial charge < -0.3 is 33.8 Å². The second-order valence-corrected chi connectivity index (χ2v) is 25.0. The zero-order chi connectivity index (χ0) is 62.6. The van der Waals surface area contributed by atoms with Crippen LogP contribution in [0.1, 0.15) is 176 Å². The van der Waals surface area contributed by atoms with E-state index in [9.17, 15) is 28.8 Å². The van der Waals surface area contributed by atoms with Crippen LogP contribution in [0, 0.1) is 16.2 Å². The molecular formula is C66H92N6O12. The number of carbonyl (C=O) groups excluding carboxylic acids is 6. The molecule has 0 saturated heterocycles. The fraction of sp³-hybridized carbons (Fsp3) is 0.545. The van der Waals surface area contributed by atoms with E-state index in [1.807, 2.05) is 69.3 Å². The van der Waals surface area contributed by atoms with Crippen molar-refractivity contribution in [3.8, 4) is 0 Å². The van der Waals surface area contributed by atoms with Crippen LogP contribution >= 0.6 is 0 Å². The van der Waals surface area contributed by atoms with Crippen molar-refractivity contribution in [1.82, 2.24) is 0 Å². The van der Waals surface area contributed by atoms with Crippen molar-refractivity contribution in [3.63, 3.8) is 0 Å². The highest BCUT2D eigenvalue weighted by molar-refractivity contribution is 6.00. The molecular weight excluding hydrogens is 1070 g/mol. The number of ether oxygens (including phenoxy) is 6. The molecule has 84 heavy (non-hydrogen) atoms. The molecule has 18 heteroatoms. The van der Waals surface area contributed by atoms with E-state index in [2.05, 4.69) is 90.8 Å². The van der Waals surface area contributed by atoms with E-state index in [0.717, 1.165) is 35.1 Å². The van der Waals surface area contributed by atoms with E-state index in [1.165, 1.54) is 18.1 Å². The average Bonchev–Trinajstić information content (AvgIpc) is 3.56. The van der Waals surface area contributed by atoms with Crippen molar-refractivity contribution in [3.05, 3.63) is 106 Å². The highest BCUT2D eigenvalue weighted by Gasteiger charge is 2.23. The lowest BCUT2D eigenvalue weighted by Gasteiger charge is -2.19. The summed E-state index contributed by atoms with van der Waals surface area (Å²) in [4.78, 5) is 100. The average molecular weight is 1160 g/mol. The molecule has 0 heterocycles. The Hall–Kier alpha value is -7.50. The maximum Gasteiger partial charge on any atom is 0.312 e. The maximum absolute atomic E-state index is 13.3. The van der Waals surface area contributed by atoms with Crippen LogP contribution in [0.4, 0.5) is 0 Å². The standard InChI is InChI=1S/C66H92N6O12/c1-44(67)25-58(73)79-40-56(41-80-59(74)26-45(2)68-36-52-21-16-19-50(31-52)34-64(7,8)9)83-62(77)28-47(4)70-38-54-23-18-24-55(33-54)39-71-48(5)29-63(78)84-57(43-82-61(76)30-49(6)72-66(13,14)15)42-81-60(75)27-46(3)69-37-53-22-17-20-51(32-53)35-65(10,11)12/h16-24,31-33,56-57,67H,25-30,34-43H2,1-15H3/b67-44?,68-45-,69-46+,70-47+,71-48+,72-49+. The summed E-state index contributed by atoms with van der Waals surface area (Å²) in [5, 5.41) is 7.62.